The summed E-state index contributed by atoms with van der Waals surface area (Å²) in [6.07, 6.45) is 4.92. The van der Waals surface area contributed by atoms with Gasteiger partial charge in [0.05, 0.1) is 0 Å². The maximum absolute atomic E-state index is 12.2. The van der Waals surface area contributed by atoms with Gasteiger partial charge in [-0.3, -0.25) is 4.79 Å². The lowest BCUT2D eigenvalue weighted by Gasteiger charge is -2.09. The number of carbonyl (C=O) groups excluding carboxylic acids is 1. The summed E-state index contributed by atoms with van der Waals surface area (Å²) in [5.74, 6) is 1.12. The molecular weight excluding hydrogens is 326 g/mol. The Labute approximate surface area is 153 Å². The molecule has 3 N–H and O–H groups in total. The molecule has 136 valence electrons. The molecule has 0 fully saturated rings. The molecule has 0 saturated heterocycles. The summed E-state index contributed by atoms with van der Waals surface area (Å²) in [6, 6.07) is 9.98. The van der Waals surface area contributed by atoms with Gasteiger partial charge in [-0.05, 0) is 31.4 Å². The number of unbranched alkanes of at least 4 members (excludes halogenated alkanes) is 1. The molecule has 0 saturated carbocycles. The van der Waals surface area contributed by atoms with E-state index in [0.717, 1.165) is 31.3 Å². The number of aromatic amines is 1. The van der Waals surface area contributed by atoms with E-state index in [2.05, 4.69) is 44.6 Å². The first-order valence-electron chi connectivity index (χ1n) is 9.10. The average molecular weight is 351 g/mol. The molecule has 2 heterocycles. The van der Waals surface area contributed by atoms with Crippen LogP contribution in [0.1, 0.15) is 41.6 Å². The summed E-state index contributed by atoms with van der Waals surface area (Å²) >= 11 is 0. The molecule has 2 aromatic heterocycles. The second-order valence-electron chi connectivity index (χ2n) is 6.33. The molecule has 6 heteroatoms. The van der Waals surface area contributed by atoms with E-state index in [0.29, 0.717) is 23.9 Å². The molecule has 6 nitrogen and oxygen atoms in total. The van der Waals surface area contributed by atoms with Crippen LogP contribution in [0.15, 0.2) is 36.5 Å². The van der Waals surface area contributed by atoms with Crippen molar-refractivity contribution in [2.45, 2.75) is 33.1 Å². The number of benzene rings is 1. The predicted molar refractivity (Wildman–Crippen MR) is 105 cm³/mol. The third kappa shape index (κ3) is 4.39. The van der Waals surface area contributed by atoms with E-state index in [9.17, 15) is 4.79 Å². The molecular formula is C20H25N5O. The van der Waals surface area contributed by atoms with Crippen LogP contribution in [0.4, 0.5) is 5.82 Å². The molecule has 1 aromatic carbocycles. The number of para-hydroxylation sites is 1. The van der Waals surface area contributed by atoms with Gasteiger partial charge in [-0.2, -0.15) is 0 Å². The van der Waals surface area contributed by atoms with Gasteiger partial charge in [0.1, 0.15) is 17.3 Å². The minimum absolute atomic E-state index is 0.149. The van der Waals surface area contributed by atoms with Gasteiger partial charge in [0.15, 0.2) is 0 Å². The summed E-state index contributed by atoms with van der Waals surface area (Å²) in [5.41, 5.74) is 2.81. The standard InChI is InChI=1S/C20H25N5O/c1-3-4-10-22-20(26)18-12-19(25-14(2)24-18)21-11-9-15-13-23-17-8-6-5-7-16(15)17/h5-8,12-13,23H,3-4,9-11H2,1-2H3,(H,22,26)(H,21,24,25). The second kappa shape index (κ2) is 8.47. The topological polar surface area (TPSA) is 82.7 Å². The van der Waals surface area contributed by atoms with Crippen LogP contribution in [0, 0.1) is 6.92 Å². The first-order valence-corrected chi connectivity index (χ1v) is 9.10. The summed E-state index contributed by atoms with van der Waals surface area (Å²) < 4.78 is 0. The minimum Gasteiger partial charge on any atom is -0.370 e. The van der Waals surface area contributed by atoms with Crippen molar-refractivity contribution < 1.29 is 4.79 Å². The number of rotatable bonds is 8. The zero-order chi connectivity index (χ0) is 18.4. The van der Waals surface area contributed by atoms with E-state index in [-0.39, 0.29) is 5.91 Å². The first-order chi connectivity index (χ1) is 12.7. The molecule has 0 aliphatic rings. The molecule has 0 aliphatic carbocycles. The van der Waals surface area contributed by atoms with Gasteiger partial charge >= 0.3 is 0 Å². The van der Waals surface area contributed by atoms with E-state index >= 15 is 0 Å². The smallest absolute Gasteiger partial charge is 0.270 e. The highest BCUT2D eigenvalue weighted by Gasteiger charge is 2.10. The highest BCUT2D eigenvalue weighted by Crippen LogP contribution is 2.18. The van der Waals surface area contributed by atoms with Crippen molar-refractivity contribution in [2.75, 3.05) is 18.4 Å². The van der Waals surface area contributed by atoms with E-state index in [1.807, 2.05) is 18.3 Å². The number of fused-ring (bicyclic) bond motifs is 1. The third-order valence-electron chi connectivity index (χ3n) is 4.26. The highest BCUT2D eigenvalue weighted by molar-refractivity contribution is 5.92. The number of hydrogen-bond acceptors (Lipinski definition) is 4. The minimum atomic E-state index is -0.149. The summed E-state index contributed by atoms with van der Waals surface area (Å²) in [4.78, 5) is 24.1. The largest absolute Gasteiger partial charge is 0.370 e. The van der Waals surface area contributed by atoms with Gasteiger partial charge < -0.3 is 15.6 Å². The van der Waals surface area contributed by atoms with Crippen LogP contribution in [0.25, 0.3) is 10.9 Å². The van der Waals surface area contributed by atoms with Gasteiger partial charge in [-0.1, -0.05) is 31.5 Å². The number of H-pyrrole nitrogens is 1. The van der Waals surface area contributed by atoms with Gasteiger partial charge in [0.2, 0.25) is 0 Å². The van der Waals surface area contributed by atoms with Gasteiger partial charge in [-0.15, -0.1) is 0 Å². The molecule has 0 spiro atoms. The van der Waals surface area contributed by atoms with E-state index in [4.69, 9.17) is 0 Å². The Bertz CT molecular complexity index is 887. The molecule has 3 aromatic rings. The number of nitrogens with one attached hydrogen (secondary N) is 3. The zero-order valence-electron chi connectivity index (χ0n) is 15.3. The lowest BCUT2D eigenvalue weighted by molar-refractivity contribution is 0.0948. The monoisotopic (exact) mass is 351 g/mol. The van der Waals surface area contributed by atoms with Crippen LogP contribution >= 0.6 is 0 Å². The molecule has 26 heavy (non-hydrogen) atoms. The molecule has 3 rings (SSSR count). The normalized spacial score (nSPS) is 10.8. The van der Waals surface area contributed by atoms with Gasteiger partial charge in [0, 0.05) is 36.3 Å². The fraction of sp³-hybridized carbons (Fsp3) is 0.350. The van der Waals surface area contributed by atoms with Crippen LogP contribution in [0.3, 0.4) is 0 Å². The average Bonchev–Trinajstić information content (AvgIpc) is 3.05. The summed E-state index contributed by atoms with van der Waals surface area (Å²) in [5, 5.41) is 7.44. The Morgan fingerprint density at radius 1 is 1.19 bits per heavy atom. The zero-order valence-corrected chi connectivity index (χ0v) is 15.3. The van der Waals surface area contributed by atoms with Crippen molar-refractivity contribution in [1.29, 1.82) is 0 Å². The van der Waals surface area contributed by atoms with E-state index in [1.54, 1.807) is 13.0 Å². The van der Waals surface area contributed by atoms with Crippen LogP contribution < -0.4 is 10.6 Å². The Balaban J connectivity index is 1.61. The first kappa shape index (κ1) is 17.9. The molecule has 0 aliphatic heterocycles. The van der Waals surface area contributed by atoms with Crippen molar-refractivity contribution in [3.05, 3.63) is 53.6 Å². The Morgan fingerprint density at radius 3 is 2.88 bits per heavy atom. The molecule has 0 unspecified atom stereocenters. The van der Waals surface area contributed by atoms with Crippen LogP contribution in [0.5, 0.6) is 0 Å². The van der Waals surface area contributed by atoms with Gasteiger partial charge in [-0.25, -0.2) is 9.97 Å². The Kier molecular flexibility index (Phi) is 5.84. The summed E-state index contributed by atoms with van der Waals surface area (Å²) in [7, 11) is 0. The highest BCUT2D eigenvalue weighted by atomic mass is 16.1. The Morgan fingerprint density at radius 2 is 2.04 bits per heavy atom. The quantitative estimate of drug-likeness (QED) is 0.543. The van der Waals surface area contributed by atoms with Crippen molar-refractivity contribution in [3.63, 3.8) is 0 Å². The van der Waals surface area contributed by atoms with Crippen LogP contribution in [-0.4, -0.2) is 33.9 Å². The van der Waals surface area contributed by atoms with Crippen molar-refractivity contribution in [3.8, 4) is 0 Å². The molecule has 0 bridgehead atoms. The fourth-order valence-corrected chi connectivity index (χ4v) is 2.91. The lowest BCUT2D eigenvalue weighted by Crippen LogP contribution is -2.26. The fourth-order valence-electron chi connectivity index (χ4n) is 2.91. The second-order valence-corrected chi connectivity index (χ2v) is 6.33. The van der Waals surface area contributed by atoms with Crippen LogP contribution in [0.2, 0.25) is 0 Å². The van der Waals surface area contributed by atoms with E-state index in [1.165, 1.54) is 10.9 Å². The number of carbonyl (C=O) groups is 1. The number of aryl methyl sites for hydroxylation is 1. The van der Waals surface area contributed by atoms with Crippen molar-refractivity contribution in [1.82, 2.24) is 20.3 Å². The SMILES string of the molecule is CCCCNC(=O)c1cc(NCCc2c[nH]c3ccccc23)nc(C)n1. The third-order valence-corrected chi connectivity index (χ3v) is 4.26. The maximum atomic E-state index is 12.2. The summed E-state index contributed by atoms with van der Waals surface area (Å²) in [6.45, 7) is 5.29. The van der Waals surface area contributed by atoms with E-state index < -0.39 is 0 Å². The van der Waals surface area contributed by atoms with Crippen LogP contribution in [-0.2, 0) is 6.42 Å². The predicted octanol–water partition coefficient (Wildman–Crippen LogP) is 3.45. The van der Waals surface area contributed by atoms with Crippen molar-refractivity contribution in [2.24, 2.45) is 0 Å². The molecule has 0 radical (unpaired) electrons. The number of hydrogen-bond donors (Lipinski definition) is 3. The number of amides is 1. The molecule has 0 atom stereocenters. The number of aromatic nitrogens is 3. The number of anilines is 1. The number of nitrogens with zero attached hydrogens (tertiary/aromatic N) is 2. The molecule has 1 amide bonds. The Hall–Kier alpha value is -2.89. The van der Waals surface area contributed by atoms with Crippen molar-refractivity contribution >= 4 is 22.6 Å². The van der Waals surface area contributed by atoms with Gasteiger partial charge in [0.25, 0.3) is 5.91 Å². The lowest BCUT2D eigenvalue weighted by atomic mass is 10.1. The maximum Gasteiger partial charge on any atom is 0.270 e.